The molecule has 4 heteroatoms. The zero-order valence-corrected chi connectivity index (χ0v) is 11.3. The highest BCUT2D eigenvalue weighted by atomic mass is 16.4. The molecule has 2 rings (SSSR count). The van der Waals surface area contributed by atoms with Crippen molar-refractivity contribution in [1.82, 2.24) is 4.90 Å². The first-order chi connectivity index (χ1) is 8.50. The number of hydrogen-bond donors (Lipinski definition) is 1. The van der Waals surface area contributed by atoms with E-state index in [1.165, 1.54) is 12.8 Å². The van der Waals surface area contributed by atoms with E-state index in [1.807, 2.05) is 11.9 Å². The van der Waals surface area contributed by atoms with Crippen molar-refractivity contribution in [2.24, 2.45) is 17.8 Å². The third kappa shape index (κ3) is 2.85. The fourth-order valence-corrected chi connectivity index (χ4v) is 3.02. The van der Waals surface area contributed by atoms with Crippen LogP contribution in [0.3, 0.4) is 0 Å². The molecule has 102 valence electrons. The van der Waals surface area contributed by atoms with Crippen LogP contribution in [0.25, 0.3) is 0 Å². The van der Waals surface area contributed by atoms with Crippen molar-refractivity contribution >= 4 is 11.9 Å². The predicted octanol–water partition coefficient (Wildman–Crippen LogP) is 2.13. The van der Waals surface area contributed by atoms with E-state index in [2.05, 4.69) is 6.92 Å². The maximum atomic E-state index is 12.4. The van der Waals surface area contributed by atoms with Gasteiger partial charge in [0, 0.05) is 19.0 Å². The van der Waals surface area contributed by atoms with Gasteiger partial charge >= 0.3 is 5.97 Å². The van der Waals surface area contributed by atoms with E-state index in [-0.39, 0.29) is 17.7 Å². The zero-order valence-electron chi connectivity index (χ0n) is 11.3. The third-order valence-electron chi connectivity index (χ3n) is 4.64. The Morgan fingerprint density at radius 1 is 1.17 bits per heavy atom. The van der Waals surface area contributed by atoms with Crippen LogP contribution in [0.15, 0.2) is 0 Å². The lowest BCUT2D eigenvalue weighted by Gasteiger charge is -2.32. The number of amides is 1. The summed E-state index contributed by atoms with van der Waals surface area (Å²) in [6.45, 7) is 2.10. The lowest BCUT2D eigenvalue weighted by molar-refractivity contribution is -0.145. The molecule has 0 aromatic heterocycles. The molecule has 3 unspecified atom stereocenters. The Balaban J connectivity index is 1.93. The van der Waals surface area contributed by atoms with E-state index < -0.39 is 5.97 Å². The number of aliphatic carboxylic acids is 1. The summed E-state index contributed by atoms with van der Waals surface area (Å²) in [6, 6.07) is 0.308. The van der Waals surface area contributed by atoms with E-state index in [0.29, 0.717) is 18.4 Å². The minimum absolute atomic E-state index is 0.0777. The van der Waals surface area contributed by atoms with E-state index in [0.717, 1.165) is 19.3 Å². The molecule has 1 N–H and O–H groups in total. The van der Waals surface area contributed by atoms with Crippen LogP contribution in [0.1, 0.15) is 45.4 Å². The van der Waals surface area contributed by atoms with Gasteiger partial charge < -0.3 is 10.0 Å². The van der Waals surface area contributed by atoms with Gasteiger partial charge in [0.15, 0.2) is 0 Å². The molecule has 0 heterocycles. The smallest absolute Gasteiger partial charge is 0.306 e. The van der Waals surface area contributed by atoms with Crippen LogP contribution in [-0.2, 0) is 9.59 Å². The van der Waals surface area contributed by atoms with Gasteiger partial charge in [-0.1, -0.05) is 6.42 Å². The first kappa shape index (κ1) is 13.4. The molecule has 0 saturated heterocycles. The molecule has 0 radical (unpaired) electrons. The molecule has 0 aromatic carbocycles. The number of nitrogens with zero attached hydrogens (tertiary/aromatic N) is 1. The SMILES string of the molecule is CC(C1CC1)N(C)C(=O)C1CCCC(C(=O)O)C1. The molecule has 4 nitrogen and oxygen atoms in total. The van der Waals surface area contributed by atoms with E-state index in [9.17, 15) is 9.59 Å². The van der Waals surface area contributed by atoms with Crippen LogP contribution < -0.4 is 0 Å². The molecule has 2 aliphatic carbocycles. The Morgan fingerprint density at radius 3 is 2.33 bits per heavy atom. The number of hydrogen-bond acceptors (Lipinski definition) is 2. The Morgan fingerprint density at radius 2 is 1.78 bits per heavy atom. The molecular formula is C14H23NO3. The van der Waals surface area contributed by atoms with Crippen molar-refractivity contribution in [1.29, 1.82) is 0 Å². The Labute approximate surface area is 108 Å². The average molecular weight is 253 g/mol. The van der Waals surface area contributed by atoms with Gasteiger partial charge in [-0.05, 0) is 44.9 Å². The molecule has 2 aliphatic rings. The second-order valence-electron chi connectivity index (χ2n) is 5.93. The fourth-order valence-electron chi connectivity index (χ4n) is 3.02. The molecule has 18 heavy (non-hydrogen) atoms. The van der Waals surface area contributed by atoms with Crippen LogP contribution in [0.5, 0.6) is 0 Å². The first-order valence-corrected chi connectivity index (χ1v) is 7.00. The first-order valence-electron chi connectivity index (χ1n) is 7.00. The van der Waals surface area contributed by atoms with E-state index in [4.69, 9.17) is 5.11 Å². The molecule has 2 saturated carbocycles. The van der Waals surface area contributed by atoms with Crippen LogP contribution in [-0.4, -0.2) is 35.0 Å². The van der Waals surface area contributed by atoms with Crippen molar-refractivity contribution < 1.29 is 14.7 Å². The van der Waals surface area contributed by atoms with Crippen molar-refractivity contribution in [2.75, 3.05) is 7.05 Å². The van der Waals surface area contributed by atoms with Gasteiger partial charge in [-0.25, -0.2) is 0 Å². The topological polar surface area (TPSA) is 57.6 Å². The molecule has 0 bridgehead atoms. The highest BCUT2D eigenvalue weighted by Gasteiger charge is 2.37. The fraction of sp³-hybridized carbons (Fsp3) is 0.857. The van der Waals surface area contributed by atoms with Crippen molar-refractivity contribution in [3.05, 3.63) is 0 Å². The molecule has 0 aromatic rings. The molecular weight excluding hydrogens is 230 g/mol. The molecule has 1 amide bonds. The van der Waals surface area contributed by atoms with Crippen molar-refractivity contribution in [3.8, 4) is 0 Å². The van der Waals surface area contributed by atoms with Gasteiger partial charge in [0.05, 0.1) is 5.92 Å². The summed E-state index contributed by atoms with van der Waals surface area (Å²) < 4.78 is 0. The second-order valence-corrected chi connectivity index (χ2v) is 5.93. The molecule has 3 atom stereocenters. The predicted molar refractivity (Wildman–Crippen MR) is 68.0 cm³/mol. The summed E-state index contributed by atoms with van der Waals surface area (Å²) in [5.74, 6) is -0.327. The summed E-state index contributed by atoms with van der Waals surface area (Å²) in [5, 5.41) is 9.06. The minimum Gasteiger partial charge on any atom is -0.481 e. The average Bonchev–Trinajstić information content (AvgIpc) is 3.20. The van der Waals surface area contributed by atoms with Crippen molar-refractivity contribution in [2.45, 2.75) is 51.5 Å². The van der Waals surface area contributed by atoms with Gasteiger partial charge in [-0.15, -0.1) is 0 Å². The van der Waals surface area contributed by atoms with Crippen LogP contribution in [0.4, 0.5) is 0 Å². The Bertz CT molecular complexity index is 338. The number of carbonyl (C=O) groups excluding carboxylic acids is 1. The van der Waals surface area contributed by atoms with Crippen LogP contribution >= 0.6 is 0 Å². The standard InChI is InChI=1S/C14H23NO3/c1-9(10-6-7-10)15(2)13(16)11-4-3-5-12(8-11)14(17)18/h9-12H,3-8H2,1-2H3,(H,17,18). The van der Waals surface area contributed by atoms with Crippen molar-refractivity contribution in [3.63, 3.8) is 0 Å². The molecule has 0 aliphatic heterocycles. The normalized spacial score (nSPS) is 29.7. The summed E-state index contributed by atoms with van der Waals surface area (Å²) in [5.41, 5.74) is 0. The van der Waals surface area contributed by atoms with Gasteiger partial charge in [0.1, 0.15) is 0 Å². The van der Waals surface area contributed by atoms with Crippen LogP contribution in [0.2, 0.25) is 0 Å². The van der Waals surface area contributed by atoms with Gasteiger partial charge in [0.2, 0.25) is 5.91 Å². The lowest BCUT2D eigenvalue weighted by atomic mass is 9.80. The second kappa shape index (κ2) is 5.29. The quantitative estimate of drug-likeness (QED) is 0.835. The van der Waals surface area contributed by atoms with E-state index >= 15 is 0 Å². The maximum Gasteiger partial charge on any atom is 0.306 e. The number of carboxylic acid groups (broad SMARTS) is 1. The highest BCUT2D eigenvalue weighted by Crippen LogP contribution is 2.36. The number of carbonyl (C=O) groups is 2. The summed E-state index contributed by atoms with van der Waals surface area (Å²) >= 11 is 0. The maximum absolute atomic E-state index is 12.4. The number of carboxylic acids is 1. The summed E-state index contributed by atoms with van der Waals surface area (Å²) in [6.07, 6.45) is 5.41. The number of rotatable bonds is 4. The Kier molecular flexibility index (Phi) is 3.93. The highest BCUT2D eigenvalue weighted by molar-refractivity contribution is 5.80. The summed E-state index contributed by atoms with van der Waals surface area (Å²) in [7, 11) is 1.87. The van der Waals surface area contributed by atoms with Gasteiger partial charge in [-0.2, -0.15) is 0 Å². The Hall–Kier alpha value is -1.06. The minimum atomic E-state index is -0.745. The zero-order chi connectivity index (χ0) is 13.3. The largest absolute Gasteiger partial charge is 0.481 e. The monoisotopic (exact) mass is 253 g/mol. The molecule has 2 fully saturated rings. The summed E-state index contributed by atoms with van der Waals surface area (Å²) in [4.78, 5) is 25.2. The van der Waals surface area contributed by atoms with Gasteiger partial charge in [0.25, 0.3) is 0 Å². The van der Waals surface area contributed by atoms with Crippen LogP contribution in [0, 0.1) is 17.8 Å². The third-order valence-corrected chi connectivity index (χ3v) is 4.64. The van der Waals surface area contributed by atoms with Gasteiger partial charge in [-0.3, -0.25) is 9.59 Å². The lowest BCUT2D eigenvalue weighted by Crippen LogP contribution is -2.42. The van der Waals surface area contributed by atoms with E-state index in [1.54, 1.807) is 0 Å². The molecule has 0 spiro atoms.